The minimum absolute atomic E-state index is 5.79. The van der Waals surface area contributed by atoms with Crippen LogP contribution in [0.25, 0.3) is 0 Å². The van der Waals surface area contributed by atoms with Crippen LogP contribution in [0.1, 0.15) is 0 Å². The predicted molar refractivity (Wildman–Crippen MR) is 191 cm³/mol. The van der Waals surface area contributed by atoms with Gasteiger partial charge >= 0.3 is 172 Å². The Morgan fingerprint density at radius 3 is 0.292 bits per heavy atom. The smallest absolute Gasteiger partial charge is 0.288 e. The van der Waals surface area contributed by atoms with Crippen LogP contribution in [0.4, 0.5) is 255 Å². The monoisotopic (exact) mass is 1720 g/mol. The van der Waals surface area contributed by atoms with Crippen molar-refractivity contribution in [3.05, 3.63) is 0 Å². The average Bonchev–Trinajstić information content (AvgIpc) is 0.683. The summed E-state index contributed by atoms with van der Waals surface area (Å²) in [5.41, 5.74) is -93.7. The first-order valence-electron chi connectivity index (χ1n) is 22.3. The summed E-state index contributed by atoms with van der Waals surface area (Å²) in [6.07, 6.45) is -97.8. The van der Waals surface area contributed by atoms with Crippen molar-refractivity contribution in [2.75, 3.05) is 0 Å². The second-order valence-electron chi connectivity index (χ2n) is 19.3. The summed E-state index contributed by atoms with van der Waals surface area (Å²) in [5.74, 6) is -163. The van der Waals surface area contributed by atoms with Crippen LogP contribution in [0, 0.1) is 0 Å². The van der Waals surface area contributed by atoms with Gasteiger partial charge in [0.2, 0.25) is 0 Å². The normalized spacial score (nSPS) is 20.3. The second kappa shape index (κ2) is 25.1. The number of rotatable bonds is 27. The molecule has 618 valence electrons. The van der Waals surface area contributed by atoms with Crippen LogP contribution in [0.2, 0.25) is 0 Å². The van der Waals surface area contributed by atoms with Crippen molar-refractivity contribution >= 4 is 58.1 Å². The molecule has 0 amide bonds. The van der Waals surface area contributed by atoms with Crippen molar-refractivity contribution < 1.29 is 303 Å². The van der Waals surface area contributed by atoms with E-state index in [0.29, 0.717) is 0 Å². The summed E-state index contributed by atoms with van der Waals surface area (Å²) < 4.78 is 829. The molecule has 0 aromatic heterocycles. The zero-order valence-corrected chi connectivity index (χ0v) is 45.0. The van der Waals surface area contributed by atoms with Gasteiger partial charge < -0.3 is 0 Å². The Hall–Kier alpha value is -7.36. The fourth-order valence-electron chi connectivity index (χ4n) is 7.25. The van der Waals surface area contributed by atoms with E-state index >= 15 is 83.4 Å². The molecule has 0 aromatic carbocycles. The number of hydrogen-bond acceptors (Lipinski definition) is 10. The molecule has 0 saturated heterocycles. The molecule has 0 heterocycles. The maximum absolute atomic E-state index is 15.7. The molecule has 9 unspecified atom stereocenters. The van der Waals surface area contributed by atoms with E-state index in [9.17, 15) is 219 Å². The van der Waals surface area contributed by atoms with Crippen molar-refractivity contribution in [1.82, 2.24) is 0 Å². The first-order chi connectivity index (χ1) is 44.8. The van der Waals surface area contributed by atoms with Gasteiger partial charge in [0.1, 0.15) is 0 Å². The molecule has 9 atom stereocenters. The molecule has 106 heavy (non-hydrogen) atoms. The molecular weight excluding hydrogens is 1720 g/mol. The maximum atomic E-state index is 15.7. The molecule has 0 aromatic rings. The molecule has 68 heteroatoms. The van der Waals surface area contributed by atoms with E-state index in [0.717, 1.165) is 0 Å². The van der Waals surface area contributed by atoms with E-state index < -0.39 is 224 Å². The SMILES string of the molecule is O=C(F)C(F)(C(=O)C(F)(F)C(F)(C(=O)C(F)(F)C(F)(C(=O)C(F)(F)C(F)(C(=O)C(F)(F)C(F)(C(=O)C(F)(F)C(F)(C(=O)C(F)(F)C(F)(C(=O)C(F)(F)C(F)(C(=O)C(F)(F)C(F)(C(=O)C(F)(F)C(F)(F)F)C(F)(F)F)C(F)(F)F)C(F)(F)F)C(F)(F)F)C(F)(F)F)C(F)(F)F)C(F)(F)F)C(F)(F)F)C(F)(F)F. The van der Waals surface area contributed by atoms with Crippen LogP contribution < -0.4 is 0 Å². The summed E-state index contributed by atoms with van der Waals surface area (Å²) in [4.78, 5) is 118. The Morgan fingerprint density at radius 1 is 0.123 bits per heavy atom. The molecular formula is C38F58O10. The summed E-state index contributed by atoms with van der Waals surface area (Å²) in [6.45, 7) is 0. The van der Waals surface area contributed by atoms with Crippen molar-refractivity contribution in [2.45, 2.75) is 166 Å². The highest BCUT2D eigenvalue weighted by Crippen LogP contribution is 2.66. The molecule has 0 aliphatic carbocycles. The van der Waals surface area contributed by atoms with Gasteiger partial charge in [0.15, 0.2) is 0 Å². The molecule has 0 radical (unpaired) electrons. The zero-order valence-electron chi connectivity index (χ0n) is 45.0. The van der Waals surface area contributed by atoms with E-state index in [1.165, 1.54) is 0 Å². The number of hydrogen-bond donors (Lipinski definition) is 0. The fourth-order valence-corrected chi connectivity index (χ4v) is 7.25. The highest BCUT2D eigenvalue weighted by Gasteiger charge is 3.00. The molecule has 0 spiro atoms. The van der Waals surface area contributed by atoms with E-state index in [1.54, 1.807) is 0 Å². The van der Waals surface area contributed by atoms with Crippen molar-refractivity contribution in [1.29, 1.82) is 0 Å². The number of alkyl halides is 57. The van der Waals surface area contributed by atoms with Gasteiger partial charge in [0.25, 0.3) is 52.0 Å². The molecule has 0 aliphatic heterocycles. The Bertz CT molecular complexity index is 3540. The molecule has 0 fully saturated rings. The lowest BCUT2D eigenvalue weighted by molar-refractivity contribution is -0.334. The van der Waals surface area contributed by atoms with Gasteiger partial charge in [-0.3, -0.25) is 47.9 Å². The number of ketones is 9. The number of halogens is 58. The Kier molecular flexibility index (Phi) is 23.3. The molecule has 0 N–H and O–H groups in total. The van der Waals surface area contributed by atoms with Gasteiger partial charge in [0, 0.05) is 0 Å². The second-order valence-corrected chi connectivity index (χ2v) is 19.3. The van der Waals surface area contributed by atoms with Crippen molar-refractivity contribution in [3.63, 3.8) is 0 Å². The van der Waals surface area contributed by atoms with E-state index in [1.807, 2.05) is 0 Å². The first kappa shape index (κ1) is 98.6. The predicted octanol–water partition coefficient (Wildman–Crippen LogP) is 14.3. The van der Waals surface area contributed by atoms with Crippen LogP contribution in [-0.2, 0) is 47.9 Å². The van der Waals surface area contributed by atoms with Gasteiger partial charge in [-0.25, -0.2) is 39.5 Å². The summed E-state index contributed by atoms with van der Waals surface area (Å²) >= 11 is 0. The molecule has 0 saturated carbocycles. The first-order valence-corrected chi connectivity index (χ1v) is 22.3. The quantitative estimate of drug-likeness (QED) is 0.0438. The Balaban J connectivity index is 9.72. The van der Waals surface area contributed by atoms with Gasteiger partial charge in [0.05, 0.1) is 0 Å². The molecule has 0 rings (SSSR count). The minimum Gasteiger partial charge on any atom is -0.288 e. The summed E-state index contributed by atoms with van der Waals surface area (Å²) in [5, 5.41) is 0. The van der Waals surface area contributed by atoms with Gasteiger partial charge in [-0.05, 0) is 0 Å². The van der Waals surface area contributed by atoms with Crippen LogP contribution in [0.15, 0.2) is 0 Å². The average molecular weight is 1720 g/mol. The Morgan fingerprint density at radius 2 is 0.217 bits per heavy atom. The summed E-state index contributed by atoms with van der Waals surface area (Å²) in [6, 6.07) is -5.79. The minimum atomic E-state index is -11.1. The third-order valence-electron chi connectivity index (χ3n) is 13.0. The largest absolute Gasteiger partial charge is 0.461 e. The number of carbonyl (C=O) groups is 10. The van der Waals surface area contributed by atoms with E-state index in [4.69, 9.17) is 0 Å². The standard InChI is InChI=1S/C38F58O10/c39-10(106)11(40,29(67,68)69)1(97)20(49,50)12(41,30(70,71)72)2(98)21(51,52)13(42,31(73,74)75)3(99)22(53,54)14(43,32(76,77)78)4(100)23(55,56)15(44,33(79,80)81)5(101)24(57,58)16(45,34(82,83)84)6(102)25(59,60)17(46,35(85,86)87)7(103)26(61,62)18(47,36(88,89)90)8(104)27(63,64)19(48,37(91,92)93)9(105)28(65,66)38(94,95)96. The van der Waals surface area contributed by atoms with Crippen LogP contribution in [0.5, 0.6) is 0 Å². The number of carbonyl (C=O) groups excluding carboxylic acids is 10. The third-order valence-corrected chi connectivity index (χ3v) is 13.0. The third kappa shape index (κ3) is 12.2. The lowest BCUT2D eigenvalue weighted by Crippen LogP contribution is -2.81. The lowest BCUT2D eigenvalue weighted by atomic mass is 9.70. The molecule has 10 nitrogen and oxygen atoms in total. The van der Waals surface area contributed by atoms with Crippen LogP contribution in [-0.4, -0.2) is 224 Å². The van der Waals surface area contributed by atoms with Crippen molar-refractivity contribution in [3.8, 4) is 0 Å². The van der Waals surface area contributed by atoms with Gasteiger partial charge in [-0.2, -0.15) is 215 Å². The van der Waals surface area contributed by atoms with Gasteiger partial charge in [-0.1, -0.05) is 0 Å². The van der Waals surface area contributed by atoms with E-state index in [2.05, 4.69) is 0 Å². The maximum Gasteiger partial charge on any atom is 0.461 e. The van der Waals surface area contributed by atoms with Crippen molar-refractivity contribution in [2.24, 2.45) is 0 Å². The molecule has 0 aliphatic rings. The highest BCUT2D eigenvalue weighted by atomic mass is 19.5. The number of Topliss-reactive ketones (excluding diaryl/α,β-unsaturated/α-hetero) is 9. The Labute approximate surface area is 527 Å². The van der Waals surface area contributed by atoms with Crippen LogP contribution >= 0.6 is 0 Å². The highest BCUT2D eigenvalue weighted by molar-refractivity contribution is 6.18. The van der Waals surface area contributed by atoms with Crippen LogP contribution in [0.3, 0.4) is 0 Å². The summed E-state index contributed by atoms with van der Waals surface area (Å²) in [7, 11) is 0. The van der Waals surface area contributed by atoms with E-state index in [-0.39, 0.29) is 0 Å². The molecule has 0 bridgehead atoms. The lowest BCUT2D eigenvalue weighted by Gasteiger charge is -2.44. The topological polar surface area (TPSA) is 171 Å². The zero-order chi connectivity index (χ0) is 87.8. The van der Waals surface area contributed by atoms with Gasteiger partial charge in [-0.15, -0.1) is 0 Å². The fraction of sp³-hybridized carbons (Fsp3) is 0.737.